The van der Waals surface area contributed by atoms with Gasteiger partial charge in [-0.05, 0) is 24.6 Å². The summed E-state index contributed by atoms with van der Waals surface area (Å²) in [5, 5.41) is 0. The average molecular weight is 281 g/mol. The third-order valence-corrected chi connectivity index (χ3v) is 2.52. The zero-order valence-corrected chi connectivity index (χ0v) is 10.7. The van der Waals surface area contributed by atoms with Crippen LogP contribution in [0.4, 0.5) is 0 Å². The minimum atomic E-state index is 0. The predicted molar refractivity (Wildman–Crippen MR) is 65.2 cm³/mol. The van der Waals surface area contributed by atoms with Gasteiger partial charge in [-0.25, -0.2) is 0 Å². The first-order valence-corrected chi connectivity index (χ1v) is 5.07. The zero-order valence-electron chi connectivity index (χ0n) is 8.29. The molecular weight excluding hydrogens is 265 g/mol. The van der Waals surface area contributed by atoms with Gasteiger partial charge in [0.15, 0.2) is 0 Å². The van der Waals surface area contributed by atoms with Gasteiger partial charge < -0.3 is 10.5 Å². The van der Waals surface area contributed by atoms with Gasteiger partial charge in [-0.1, -0.05) is 22.9 Å². The summed E-state index contributed by atoms with van der Waals surface area (Å²) in [5.41, 5.74) is 6.99. The number of hydrogen-bond donors (Lipinski definition) is 1. The van der Waals surface area contributed by atoms with Crippen LogP contribution in [0.1, 0.15) is 24.9 Å². The van der Waals surface area contributed by atoms with Crippen LogP contribution in [-0.4, -0.2) is 7.11 Å². The smallest absolute Gasteiger partial charge is 0.123 e. The SMILES string of the molecule is CC[C@H](N)c1cc(Br)ccc1OC.Cl. The molecule has 0 aliphatic rings. The van der Waals surface area contributed by atoms with E-state index in [9.17, 15) is 0 Å². The summed E-state index contributed by atoms with van der Waals surface area (Å²) >= 11 is 3.41. The molecule has 0 fully saturated rings. The van der Waals surface area contributed by atoms with Gasteiger partial charge in [-0.15, -0.1) is 12.4 Å². The molecule has 1 rings (SSSR count). The lowest BCUT2D eigenvalue weighted by Crippen LogP contribution is -2.10. The minimum Gasteiger partial charge on any atom is -0.496 e. The van der Waals surface area contributed by atoms with Gasteiger partial charge >= 0.3 is 0 Å². The summed E-state index contributed by atoms with van der Waals surface area (Å²) < 4.78 is 6.26. The molecule has 2 N–H and O–H groups in total. The van der Waals surface area contributed by atoms with Gasteiger partial charge in [0, 0.05) is 16.1 Å². The molecule has 2 nitrogen and oxygen atoms in total. The van der Waals surface area contributed by atoms with Crippen LogP contribution in [0.3, 0.4) is 0 Å². The molecule has 0 radical (unpaired) electrons. The summed E-state index contributed by atoms with van der Waals surface area (Å²) in [5.74, 6) is 0.859. The Morgan fingerprint density at radius 1 is 1.50 bits per heavy atom. The fourth-order valence-electron chi connectivity index (χ4n) is 1.21. The van der Waals surface area contributed by atoms with Crippen molar-refractivity contribution < 1.29 is 4.74 Å². The predicted octanol–water partition coefficient (Wildman–Crippen LogP) is 3.29. The van der Waals surface area contributed by atoms with Crippen molar-refractivity contribution in [1.82, 2.24) is 0 Å². The molecule has 0 saturated carbocycles. The Balaban J connectivity index is 0.00000169. The van der Waals surface area contributed by atoms with E-state index >= 15 is 0 Å². The lowest BCUT2D eigenvalue weighted by Gasteiger charge is -2.14. The maximum absolute atomic E-state index is 5.94. The van der Waals surface area contributed by atoms with E-state index in [2.05, 4.69) is 22.9 Å². The van der Waals surface area contributed by atoms with E-state index in [0.29, 0.717) is 0 Å². The molecule has 1 aromatic carbocycles. The molecule has 0 spiro atoms. The largest absolute Gasteiger partial charge is 0.496 e. The second-order valence-electron chi connectivity index (χ2n) is 2.90. The molecule has 0 aliphatic heterocycles. The topological polar surface area (TPSA) is 35.2 Å². The van der Waals surface area contributed by atoms with Crippen LogP contribution in [0.25, 0.3) is 0 Å². The number of benzene rings is 1. The summed E-state index contributed by atoms with van der Waals surface area (Å²) in [4.78, 5) is 0. The fraction of sp³-hybridized carbons (Fsp3) is 0.400. The van der Waals surface area contributed by atoms with Crippen molar-refractivity contribution >= 4 is 28.3 Å². The first kappa shape index (κ1) is 13.8. The Bertz CT molecular complexity index is 293. The number of ether oxygens (including phenoxy) is 1. The van der Waals surface area contributed by atoms with Crippen LogP contribution >= 0.6 is 28.3 Å². The normalized spacial score (nSPS) is 11.7. The molecule has 0 amide bonds. The first-order chi connectivity index (χ1) is 6.19. The van der Waals surface area contributed by atoms with E-state index in [0.717, 1.165) is 22.2 Å². The molecule has 0 heterocycles. The highest BCUT2D eigenvalue weighted by Gasteiger charge is 2.09. The average Bonchev–Trinajstić information content (AvgIpc) is 2.16. The molecule has 1 atom stereocenters. The number of rotatable bonds is 3. The Morgan fingerprint density at radius 3 is 2.64 bits per heavy atom. The maximum Gasteiger partial charge on any atom is 0.123 e. The summed E-state index contributed by atoms with van der Waals surface area (Å²) in [6.45, 7) is 2.06. The van der Waals surface area contributed by atoms with E-state index in [1.807, 2.05) is 18.2 Å². The lowest BCUT2D eigenvalue weighted by atomic mass is 10.0. The van der Waals surface area contributed by atoms with Crippen LogP contribution in [0.2, 0.25) is 0 Å². The summed E-state index contributed by atoms with van der Waals surface area (Å²) in [7, 11) is 1.66. The standard InChI is InChI=1S/C10H14BrNO.ClH/c1-3-9(12)8-6-7(11)4-5-10(8)13-2;/h4-6,9H,3,12H2,1-2H3;1H/t9-;/m0./s1. The Labute approximate surface area is 99.4 Å². The molecule has 0 bridgehead atoms. The molecule has 0 aliphatic carbocycles. The van der Waals surface area contributed by atoms with Crippen LogP contribution in [0.5, 0.6) is 5.75 Å². The van der Waals surface area contributed by atoms with Gasteiger partial charge in [0.2, 0.25) is 0 Å². The number of methoxy groups -OCH3 is 1. The van der Waals surface area contributed by atoms with Crippen molar-refractivity contribution in [1.29, 1.82) is 0 Å². The number of halogens is 2. The van der Waals surface area contributed by atoms with E-state index in [-0.39, 0.29) is 18.4 Å². The Morgan fingerprint density at radius 2 is 2.14 bits per heavy atom. The fourth-order valence-corrected chi connectivity index (χ4v) is 1.59. The molecule has 4 heteroatoms. The maximum atomic E-state index is 5.94. The molecule has 80 valence electrons. The first-order valence-electron chi connectivity index (χ1n) is 4.28. The second-order valence-corrected chi connectivity index (χ2v) is 3.82. The monoisotopic (exact) mass is 279 g/mol. The number of hydrogen-bond acceptors (Lipinski definition) is 2. The van der Waals surface area contributed by atoms with Crippen molar-refractivity contribution in [2.45, 2.75) is 19.4 Å². The minimum absolute atomic E-state index is 0. The highest BCUT2D eigenvalue weighted by molar-refractivity contribution is 9.10. The van der Waals surface area contributed by atoms with E-state index < -0.39 is 0 Å². The van der Waals surface area contributed by atoms with Crippen molar-refractivity contribution in [3.05, 3.63) is 28.2 Å². The zero-order chi connectivity index (χ0) is 9.84. The van der Waals surface area contributed by atoms with Crippen molar-refractivity contribution in [2.75, 3.05) is 7.11 Å². The third-order valence-electron chi connectivity index (χ3n) is 2.03. The Kier molecular flexibility index (Phi) is 6.16. The van der Waals surface area contributed by atoms with Gasteiger partial charge in [0.25, 0.3) is 0 Å². The summed E-state index contributed by atoms with van der Waals surface area (Å²) in [6.07, 6.45) is 0.910. The van der Waals surface area contributed by atoms with Gasteiger partial charge in [-0.2, -0.15) is 0 Å². The van der Waals surface area contributed by atoms with E-state index in [1.165, 1.54) is 0 Å². The van der Waals surface area contributed by atoms with Crippen molar-refractivity contribution in [3.8, 4) is 5.75 Å². The van der Waals surface area contributed by atoms with Crippen LogP contribution in [0, 0.1) is 0 Å². The quantitative estimate of drug-likeness (QED) is 0.922. The third kappa shape index (κ3) is 3.15. The second kappa shape index (κ2) is 6.27. The highest BCUT2D eigenvalue weighted by Crippen LogP contribution is 2.28. The molecular formula is C10H15BrClNO. The van der Waals surface area contributed by atoms with Crippen LogP contribution < -0.4 is 10.5 Å². The highest BCUT2D eigenvalue weighted by atomic mass is 79.9. The molecule has 0 aromatic heterocycles. The molecule has 0 saturated heterocycles. The lowest BCUT2D eigenvalue weighted by molar-refractivity contribution is 0.405. The van der Waals surface area contributed by atoms with Gasteiger partial charge in [0.05, 0.1) is 7.11 Å². The molecule has 14 heavy (non-hydrogen) atoms. The van der Waals surface area contributed by atoms with E-state index in [1.54, 1.807) is 7.11 Å². The molecule has 0 unspecified atom stereocenters. The van der Waals surface area contributed by atoms with Crippen molar-refractivity contribution in [3.63, 3.8) is 0 Å². The van der Waals surface area contributed by atoms with E-state index in [4.69, 9.17) is 10.5 Å². The van der Waals surface area contributed by atoms with Crippen molar-refractivity contribution in [2.24, 2.45) is 5.73 Å². The molecule has 1 aromatic rings. The number of nitrogens with two attached hydrogens (primary N) is 1. The van der Waals surface area contributed by atoms with Crippen LogP contribution in [-0.2, 0) is 0 Å². The Hall–Kier alpha value is -0.250. The van der Waals surface area contributed by atoms with Crippen LogP contribution in [0.15, 0.2) is 22.7 Å². The van der Waals surface area contributed by atoms with Gasteiger partial charge in [-0.3, -0.25) is 0 Å². The van der Waals surface area contributed by atoms with Gasteiger partial charge in [0.1, 0.15) is 5.75 Å². The summed E-state index contributed by atoms with van der Waals surface area (Å²) in [6, 6.07) is 5.93.